The van der Waals surface area contributed by atoms with Crippen LogP contribution in [0, 0.1) is 13.8 Å². The van der Waals surface area contributed by atoms with Gasteiger partial charge in [-0.3, -0.25) is 0 Å². The fourth-order valence-corrected chi connectivity index (χ4v) is 4.00. The molecular formula is C16H24BrN. The van der Waals surface area contributed by atoms with Gasteiger partial charge in [-0.25, -0.2) is 0 Å². The molecule has 0 amide bonds. The summed E-state index contributed by atoms with van der Waals surface area (Å²) in [6.45, 7) is 12.6. The van der Waals surface area contributed by atoms with Gasteiger partial charge < -0.3 is 5.32 Å². The quantitative estimate of drug-likeness (QED) is 0.846. The largest absolute Gasteiger partial charge is 0.310 e. The molecule has 1 unspecified atom stereocenters. The van der Waals surface area contributed by atoms with Gasteiger partial charge in [-0.05, 0) is 67.0 Å². The van der Waals surface area contributed by atoms with Gasteiger partial charge in [0.2, 0.25) is 0 Å². The van der Waals surface area contributed by atoms with Gasteiger partial charge in [0.1, 0.15) is 0 Å². The first-order valence-corrected chi connectivity index (χ1v) is 7.71. The van der Waals surface area contributed by atoms with Crippen molar-refractivity contribution in [2.24, 2.45) is 0 Å². The van der Waals surface area contributed by atoms with Gasteiger partial charge in [0, 0.05) is 10.5 Å². The second kappa shape index (κ2) is 4.97. The molecule has 1 aromatic rings. The maximum absolute atomic E-state index is 3.72. The van der Waals surface area contributed by atoms with Crippen LogP contribution in [0.1, 0.15) is 61.9 Å². The zero-order valence-electron chi connectivity index (χ0n) is 12.2. The van der Waals surface area contributed by atoms with E-state index in [1.807, 2.05) is 0 Å². The lowest BCUT2D eigenvalue weighted by Crippen LogP contribution is -2.22. The average Bonchev–Trinajstić information content (AvgIpc) is 2.55. The molecule has 0 bridgehead atoms. The number of rotatable bonds is 3. The van der Waals surface area contributed by atoms with E-state index in [0.717, 1.165) is 6.54 Å². The van der Waals surface area contributed by atoms with Crippen molar-refractivity contribution in [3.63, 3.8) is 0 Å². The minimum absolute atomic E-state index is 0.288. The van der Waals surface area contributed by atoms with Gasteiger partial charge in [0.25, 0.3) is 0 Å². The molecular weight excluding hydrogens is 286 g/mol. The summed E-state index contributed by atoms with van der Waals surface area (Å²) in [6, 6.07) is 2.80. The van der Waals surface area contributed by atoms with Crippen molar-refractivity contribution in [2.75, 3.05) is 6.54 Å². The summed E-state index contributed by atoms with van der Waals surface area (Å²) in [4.78, 5) is 0. The Morgan fingerprint density at radius 3 is 2.67 bits per heavy atom. The summed E-state index contributed by atoms with van der Waals surface area (Å²) in [5.74, 6) is 0. The second-order valence-electron chi connectivity index (χ2n) is 6.18. The van der Waals surface area contributed by atoms with Crippen LogP contribution in [0.5, 0.6) is 0 Å². The zero-order valence-corrected chi connectivity index (χ0v) is 13.7. The maximum atomic E-state index is 3.72. The molecule has 0 radical (unpaired) electrons. The van der Waals surface area contributed by atoms with Crippen LogP contribution in [0.4, 0.5) is 0 Å². The molecule has 1 aliphatic carbocycles. The van der Waals surface area contributed by atoms with Crippen molar-refractivity contribution < 1.29 is 0 Å². The van der Waals surface area contributed by atoms with E-state index in [4.69, 9.17) is 0 Å². The summed E-state index contributed by atoms with van der Waals surface area (Å²) in [6.07, 6.45) is 2.40. The Balaban J connectivity index is 2.53. The number of aryl methyl sites for hydroxylation is 1. The fourth-order valence-electron chi connectivity index (χ4n) is 3.44. The minimum Gasteiger partial charge on any atom is -0.310 e. The van der Waals surface area contributed by atoms with E-state index < -0.39 is 0 Å². The number of hydrogen-bond donors (Lipinski definition) is 1. The van der Waals surface area contributed by atoms with E-state index in [2.05, 4.69) is 61.9 Å². The van der Waals surface area contributed by atoms with Crippen LogP contribution in [0.25, 0.3) is 0 Å². The molecule has 0 saturated carbocycles. The normalized spacial score (nSPS) is 21.1. The van der Waals surface area contributed by atoms with Gasteiger partial charge in [-0.15, -0.1) is 0 Å². The first-order valence-electron chi connectivity index (χ1n) is 6.92. The molecule has 1 nitrogen and oxygen atoms in total. The van der Waals surface area contributed by atoms with Crippen LogP contribution in [-0.4, -0.2) is 6.54 Å². The molecule has 1 aliphatic rings. The highest BCUT2D eigenvalue weighted by molar-refractivity contribution is 9.10. The topological polar surface area (TPSA) is 12.0 Å². The summed E-state index contributed by atoms with van der Waals surface area (Å²) in [5.41, 5.74) is 6.23. The molecule has 0 aliphatic heterocycles. The smallest absolute Gasteiger partial charge is 0.0334 e. The van der Waals surface area contributed by atoms with Crippen molar-refractivity contribution in [3.8, 4) is 0 Å². The molecule has 0 heterocycles. The predicted octanol–water partition coefficient (Wildman–Crippen LogP) is 4.79. The lowest BCUT2D eigenvalue weighted by Gasteiger charge is -2.22. The summed E-state index contributed by atoms with van der Waals surface area (Å²) in [7, 11) is 0. The van der Waals surface area contributed by atoms with Gasteiger partial charge in [-0.2, -0.15) is 0 Å². The van der Waals surface area contributed by atoms with Crippen LogP contribution >= 0.6 is 15.9 Å². The Morgan fingerprint density at radius 1 is 1.39 bits per heavy atom. The second-order valence-corrected chi connectivity index (χ2v) is 7.04. The standard InChI is InChI=1S/C16H24BrN/c1-6-7-18-13-9-16(4,5)15-10(2)8-12(17)11(3)14(13)15/h8,13,18H,6-7,9H2,1-5H3. The zero-order chi connectivity index (χ0) is 13.5. The van der Waals surface area contributed by atoms with Gasteiger partial charge in [0.05, 0.1) is 0 Å². The molecule has 1 N–H and O–H groups in total. The Labute approximate surface area is 119 Å². The van der Waals surface area contributed by atoms with E-state index in [9.17, 15) is 0 Å². The number of hydrogen-bond acceptors (Lipinski definition) is 1. The maximum Gasteiger partial charge on any atom is 0.0334 e. The molecule has 0 aromatic heterocycles. The summed E-state index contributed by atoms with van der Waals surface area (Å²) >= 11 is 3.71. The highest BCUT2D eigenvalue weighted by Crippen LogP contribution is 2.48. The van der Waals surface area contributed by atoms with Crippen molar-refractivity contribution in [1.82, 2.24) is 5.32 Å². The van der Waals surface area contributed by atoms with E-state index in [1.54, 1.807) is 11.1 Å². The van der Waals surface area contributed by atoms with Crippen molar-refractivity contribution in [3.05, 3.63) is 32.8 Å². The summed E-state index contributed by atoms with van der Waals surface area (Å²) < 4.78 is 1.25. The van der Waals surface area contributed by atoms with Gasteiger partial charge >= 0.3 is 0 Å². The SMILES string of the molecule is CCCNC1CC(C)(C)c2c(C)cc(Br)c(C)c21. The monoisotopic (exact) mass is 309 g/mol. The van der Waals surface area contributed by atoms with Gasteiger partial charge in [0.15, 0.2) is 0 Å². The molecule has 100 valence electrons. The molecule has 2 heteroatoms. The number of halogens is 1. The third-order valence-corrected chi connectivity index (χ3v) is 4.97. The van der Waals surface area contributed by atoms with Crippen LogP contribution in [0.15, 0.2) is 10.5 Å². The van der Waals surface area contributed by atoms with Crippen molar-refractivity contribution >= 4 is 15.9 Å². The van der Waals surface area contributed by atoms with Crippen LogP contribution in [-0.2, 0) is 5.41 Å². The number of nitrogens with one attached hydrogen (secondary N) is 1. The van der Waals surface area contributed by atoms with E-state index >= 15 is 0 Å². The number of fused-ring (bicyclic) bond motifs is 1. The highest BCUT2D eigenvalue weighted by Gasteiger charge is 2.39. The molecule has 1 atom stereocenters. The molecule has 2 rings (SSSR count). The van der Waals surface area contributed by atoms with E-state index in [-0.39, 0.29) is 5.41 Å². The van der Waals surface area contributed by atoms with Gasteiger partial charge in [-0.1, -0.05) is 36.7 Å². The minimum atomic E-state index is 0.288. The molecule has 0 saturated heterocycles. The predicted molar refractivity (Wildman–Crippen MR) is 82.3 cm³/mol. The summed E-state index contributed by atoms with van der Waals surface area (Å²) in [5, 5.41) is 3.72. The number of benzene rings is 1. The van der Waals surface area contributed by atoms with E-state index in [0.29, 0.717) is 6.04 Å². The molecule has 0 fully saturated rings. The van der Waals surface area contributed by atoms with Crippen molar-refractivity contribution in [1.29, 1.82) is 0 Å². The first kappa shape index (κ1) is 14.1. The Morgan fingerprint density at radius 2 is 2.06 bits per heavy atom. The fraction of sp³-hybridized carbons (Fsp3) is 0.625. The Kier molecular flexibility index (Phi) is 3.89. The first-order chi connectivity index (χ1) is 8.38. The van der Waals surface area contributed by atoms with Crippen molar-refractivity contribution in [2.45, 2.75) is 58.9 Å². The lowest BCUT2D eigenvalue weighted by molar-refractivity contribution is 0.426. The van der Waals surface area contributed by atoms with Crippen LogP contribution < -0.4 is 5.32 Å². The Hall–Kier alpha value is -0.340. The lowest BCUT2D eigenvalue weighted by atomic mass is 9.83. The Bertz CT molecular complexity index is 463. The van der Waals surface area contributed by atoms with Crippen LogP contribution in [0.3, 0.4) is 0 Å². The average molecular weight is 310 g/mol. The third kappa shape index (κ3) is 2.25. The van der Waals surface area contributed by atoms with E-state index in [1.165, 1.54) is 28.4 Å². The molecule has 18 heavy (non-hydrogen) atoms. The third-order valence-electron chi connectivity index (χ3n) is 4.15. The molecule has 1 aromatic carbocycles. The highest BCUT2D eigenvalue weighted by atomic mass is 79.9. The van der Waals surface area contributed by atoms with Crippen LogP contribution in [0.2, 0.25) is 0 Å². The molecule has 0 spiro atoms.